The van der Waals surface area contributed by atoms with Gasteiger partial charge in [-0.05, 0) is 85.2 Å². The molecule has 280 valence electrons. The topological polar surface area (TPSA) is 125 Å². The molecule has 2 aliphatic heterocycles. The summed E-state index contributed by atoms with van der Waals surface area (Å²) >= 11 is 0. The van der Waals surface area contributed by atoms with Crippen LogP contribution in [0.25, 0.3) is 6.08 Å². The number of aromatic hydroxyl groups is 1. The van der Waals surface area contributed by atoms with E-state index in [2.05, 4.69) is 5.43 Å². The van der Waals surface area contributed by atoms with Gasteiger partial charge in [0.2, 0.25) is 17.6 Å². The molecule has 2 heterocycles. The van der Waals surface area contributed by atoms with Crippen molar-refractivity contribution in [3.05, 3.63) is 131 Å². The maximum Gasteiger partial charge on any atom is 0.260 e. The maximum atomic E-state index is 15.3. The zero-order valence-electron chi connectivity index (χ0n) is 31.2. The summed E-state index contributed by atoms with van der Waals surface area (Å²) < 4.78 is 10.9. The minimum atomic E-state index is -1.39. The predicted octanol–water partition coefficient (Wildman–Crippen LogP) is 7.02. The summed E-state index contributed by atoms with van der Waals surface area (Å²) in [6.07, 6.45) is 7.14. The van der Waals surface area contributed by atoms with E-state index in [9.17, 15) is 19.5 Å². The first-order valence-corrected chi connectivity index (χ1v) is 18.7. The molecule has 10 nitrogen and oxygen atoms in total. The number of imide groups is 2. The van der Waals surface area contributed by atoms with Crippen molar-refractivity contribution in [3.8, 4) is 17.2 Å². The third kappa shape index (κ3) is 5.61. The number of carbonyl (C=O) groups excluding carboxylic acids is 4. The number of fused-ring (bicyclic) bond motifs is 4. The number of anilines is 2. The first kappa shape index (κ1) is 35.8. The standard InChI is InChI=1S/C45H43N3O7/c1-5-27-13-18-31(19-14-27)47-41(50)33-21-20-32-34(39(33)43(47)52)25-36-42(51)48(46-30-16-11-26(2)12-17-30)44(53)45(36,29-9-7-6-8-10-29)35(32)22-15-28-23-37(54-3)40(49)38(24-28)55-4/h6-20,22-24,33-36,39,46,49H,5,21,25H2,1-4H3/t33-,34+,35-,36-,39-,45-/m0/s1. The number of hydrogen-bond donors (Lipinski definition) is 2. The number of rotatable bonds is 9. The molecule has 4 aromatic rings. The summed E-state index contributed by atoms with van der Waals surface area (Å²) in [5.41, 5.74) is 7.13. The molecular weight excluding hydrogens is 695 g/mol. The Kier molecular flexibility index (Phi) is 9.07. The molecule has 4 aromatic carbocycles. The summed E-state index contributed by atoms with van der Waals surface area (Å²) in [5, 5.41) is 11.8. The van der Waals surface area contributed by atoms with Crippen molar-refractivity contribution in [1.82, 2.24) is 5.01 Å². The smallest absolute Gasteiger partial charge is 0.260 e. The Morgan fingerprint density at radius 3 is 2.16 bits per heavy atom. The Morgan fingerprint density at radius 1 is 0.855 bits per heavy atom. The fourth-order valence-corrected chi connectivity index (χ4v) is 9.35. The van der Waals surface area contributed by atoms with E-state index in [4.69, 9.17) is 9.47 Å². The largest absolute Gasteiger partial charge is 0.502 e. The number of phenolic OH excluding ortho intramolecular Hbond substituents is 1. The fourth-order valence-electron chi connectivity index (χ4n) is 9.35. The van der Waals surface area contributed by atoms with Gasteiger partial charge in [0.25, 0.3) is 11.8 Å². The van der Waals surface area contributed by atoms with E-state index < -0.39 is 46.8 Å². The Bertz CT molecular complexity index is 2220. The number of phenols is 1. The molecule has 0 bridgehead atoms. The van der Waals surface area contributed by atoms with Crippen molar-refractivity contribution in [2.75, 3.05) is 24.5 Å². The summed E-state index contributed by atoms with van der Waals surface area (Å²) in [5.74, 6) is -4.44. The van der Waals surface area contributed by atoms with Crippen molar-refractivity contribution in [2.45, 2.75) is 38.5 Å². The zero-order valence-corrected chi connectivity index (χ0v) is 31.2. The molecule has 2 aliphatic carbocycles. The second-order valence-corrected chi connectivity index (χ2v) is 14.8. The molecule has 2 saturated heterocycles. The van der Waals surface area contributed by atoms with Gasteiger partial charge in [0.15, 0.2) is 11.5 Å². The lowest BCUT2D eigenvalue weighted by Crippen LogP contribution is -2.54. The molecule has 1 saturated carbocycles. The number of allylic oxidation sites excluding steroid dienone is 3. The Hall–Kier alpha value is -6.16. The number of aryl methyl sites for hydroxylation is 2. The fraction of sp³-hybridized carbons (Fsp3) is 0.289. The molecule has 0 spiro atoms. The number of ether oxygens (including phenoxy) is 2. The molecule has 0 unspecified atom stereocenters. The van der Waals surface area contributed by atoms with Gasteiger partial charge < -0.3 is 14.6 Å². The van der Waals surface area contributed by atoms with E-state index in [-0.39, 0.29) is 35.5 Å². The number of methoxy groups -OCH3 is 2. The number of carbonyl (C=O) groups is 4. The second-order valence-electron chi connectivity index (χ2n) is 14.8. The highest BCUT2D eigenvalue weighted by molar-refractivity contribution is 6.22. The van der Waals surface area contributed by atoms with E-state index in [1.54, 1.807) is 12.1 Å². The van der Waals surface area contributed by atoms with Gasteiger partial charge in [-0.2, -0.15) is 5.01 Å². The summed E-state index contributed by atoms with van der Waals surface area (Å²) in [7, 11) is 2.90. The highest BCUT2D eigenvalue weighted by atomic mass is 16.5. The summed E-state index contributed by atoms with van der Waals surface area (Å²) in [6, 6.07) is 27.7. The van der Waals surface area contributed by atoms with Crippen LogP contribution in [0.2, 0.25) is 0 Å². The van der Waals surface area contributed by atoms with Crippen LogP contribution in [0.4, 0.5) is 11.4 Å². The first-order chi connectivity index (χ1) is 26.6. The molecule has 4 amide bonds. The SMILES string of the molecule is CCc1ccc(N2C(=O)[C@H]3[C@H](CC=C4[C@H]3C[C@H]3C(=O)N(Nc5ccc(C)cc5)C(=O)[C@@]3(c3ccccc3)[C@H]4C=Cc3cc(OC)c(O)c(OC)c3)C2=O)cc1. The third-order valence-corrected chi connectivity index (χ3v) is 12.0. The van der Waals surface area contributed by atoms with Gasteiger partial charge >= 0.3 is 0 Å². The number of hydrazine groups is 1. The van der Waals surface area contributed by atoms with Gasteiger partial charge in [0.1, 0.15) is 0 Å². The Balaban J connectivity index is 1.29. The van der Waals surface area contributed by atoms with Crippen molar-refractivity contribution in [2.24, 2.45) is 29.6 Å². The van der Waals surface area contributed by atoms with Gasteiger partial charge in [-0.25, -0.2) is 0 Å². The van der Waals surface area contributed by atoms with E-state index in [1.165, 1.54) is 19.1 Å². The Morgan fingerprint density at radius 2 is 1.53 bits per heavy atom. The van der Waals surface area contributed by atoms with Gasteiger partial charge in [0.05, 0.1) is 48.8 Å². The molecule has 8 rings (SSSR count). The van der Waals surface area contributed by atoms with Gasteiger partial charge in [-0.3, -0.25) is 29.5 Å². The van der Waals surface area contributed by atoms with Crippen LogP contribution in [0, 0.1) is 36.5 Å². The van der Waals surface area contributed by atoms with Crippen LogP contribution in [-0.2, 0) is 31.0 Å². The van der Waals surface area contributed by atoms with Gasteiger partial charge in [-0.15, -0.1) is 0 Å². The molecular formula is C45H43N3O7. The average molecular weight is 738 g/mol. The number of hydrogen-bond acceptors (Lipinski definition) is 8. The predicted molar refractivity (Wildman–Crippen MR) is 208 cm³/mol. The normalized spacial score (nSPS) is 25.8. The highest BCUT2D eigenvalue weighted by Crippen LogP contribution is 2.61. The van der Waals surface area contributed by atoms with E-state index in [0.29, 0.717) is 28.9 Å². The van der Waals surface area contributed by atoms with Crippen LogP contribution in [0.1, 0.15) is 42.0 Å². The lowest BCUT2D eigenvalue weighted by atomic mass is 9.50. The number of nitrogens with zero attached hydrogens (tertiary/aromatic N) is 2. The molecule has 2 N–H and O–H groups in total. The molecule has 0 radical (unpaired) electrons. The van der Waals surface area contributed by atoms with Crippen LogP contribution in [0.15, 0.2) is 109 Å². The Labute approximate surface area is 320 Å². The molecule has 10 heteroatoms. The monoisotopic (exact) mass is 737 g/mol. The van der Waals surface area contributed by atoms with E-state index in [0.717, 1.165) is 28.1 Å². The van der Waals surface area contributed by atoms with E-state index in [1.807, 2.05) is 111 Å². The number of amides is 4. The highest BCUT2D eigenvalue weighted by Gasteiger charge is 2.69. The van der Waals surface area contributed by atoms with Crippen LogP contribution >= 0.6 is 0 Å². The quantitative estimate of drug-likeness (QED) is 0.139. The van der Waals surface area contributed by atoms with Crippen molar-refractivity contribution < 1.29 is 33.8 Å². The maximum absolute atomic E-state index is 15.3. The molecule has 6 atom stereocenters. The molecule has 55 heavy (non-hydrogen) atoms. The minimum Gasteiger partial charge on any atom is -0.502 e. The molecule has 4 aliphatic rings. The van der Waals surface area contributed by atoms with Gasteiger partial charge in [0, 0.05) is 5.92 Å². The van der Waals surface area contributed by atoms with Crippen molar-refractivity contribution in [1.29, 1.82) is 0 Å². The number of nitrogens with one attached hydrogen (secondary N) is 1. The van der Waals surface area contributed by atoms with Crippen LogP contribution in [0.5, 0.6) is 17.2 Å². The minimum absolute atomic E-state index is 0.144. The second kappa shape index (κ2) is 13.9. The van der Waals surface area contributed by atoms with Crippen molar-refractivity contribution in [3.63, 3.8) is 0 Å². The number of benzene rings is 4. The lowest BCUT2D eigenvalue weighted by Gasteiger charge is -2.49. The molecule has 3 fully saturated rings. The summed E-state index contributed by atoms with van der Waals surface area (Å²) in [4.78, 5) is 60.2. The lowest BCUT2D eigenvalue weighted by molar-refractivity contribution is -0.139. The average Bonchev–Trinajstić information content (AvgIpc) is 3.59. The van der Waals surface area contributed by atoms with Crippen LogP contribution in [-0.4, -0.2) is 48.0 Å². The first-order valence-electron chi connectivity index (χ1n) is 18.7. The summed E-state index contributed by atoms with van der Waals surface area (Å²) in [6.45, 7) is 4.01. The van der Waals surface area contributed by atoms with Crippen LogP contribution < -0.4 is 19.8 Å². The molecule has 0 aromatic heterocycles. The van der Waals surface area contributed by atoms with Gasteiger partial charge in [-0.1, -0.05) is 90.9 Å². The van der Waals surface area contributed by atoms with Crippen molar-refractivity contribution >= 4 is 41.1 Å². The van der Waals surface area contributed by atoms with Crippen LogP contribution in [0.3, 0.4) is 0 Å². The van der Waals surface area contributed by atoms with E-state index >= 15 is 4.79 Å². The third-order valence-electron chi connectivity index (χ3n) is 12.0. The zero-order chi connectivity index (χ0) is 38.6.